The Hall–Kier alpha value is -3.52. The lowest BCUT2D eigenvalue weighted by atomic mass is 9.73. The molecule has 2 atom stereocenters. The zero-order chi connectivity index (χ0) is 26.4. The minimum atomic E-state index is -0.767. The fourth-order valence-corrected chi connectivity index (χ4v) is 4.17. The van der Waals surface area contributed by atoms with Crippen molar-refractivity contribution < 1.29 is 9.59 Å². The molecule has 2 unspecified atom stereocenters. The third-order valence-electron chi connectivity index (χ3n) is 6.68. The Morgan fingerprint density at radius 2 is 1.06 bits per heavy atom. The Bertz CT molecular complexity index is 1000. The number of aryl methyl sites for hydroxylation is 2. The van der Waals surface area contributed by atoms with Crippen molar-refractivity contribution in [2.45, 2.75) is 52.4 Å². The largest absolute Gasteiger partial charge is 0.294 e. The van der Waals surface area contributed by atoms with Crippen molar-refractivity contribution in [3.8, 4) is 0 Å². The number of ketones is 2. The van der Waals surface area contributed by atoms with Crippen molar-refractivity contribution in [3.63, 3.8) is 0 Å². The summed E-state index contributed by atoms with van der Waals surface area (Å²) >= 11 is 0. The van der Waals surface area contributed by atoms with Gasteiger partial charge in [-0.1, -0.05) is 97.1 Å². The second-order valence-corrected chi connectivity index (χ2v) is 9.93. The van der Waals surface area contributed by atoms with E-state index in [1.165, 1.54) is 11.1 Å². The Kier molecular flexibility index (Phi) is 11.3. The smallest absolute Gasteiger partial charge is 0.165 e. The van der Waals surface area contributed by atoms with Crippen molar-refractivity contribution in [1.82, 2.24) is 0 Å². The molecular weight excluding hydrogens is 440 g/mol. The Labute approximate surface area is 217 Å². The van der Waals surface area contributed by atoms with E-state index in [1.54, 1.807) is 24.3 Å². The van der Waals surface area contributed by atoms with Gasteiger partial charge < -0.3 is 0 Å². The van der Waals surface area contributed by atoms with E-state index in [9.17, 15) is 9.59 Å². The van der Waals surface area contributed by atoms with Crippen LogP contribution in [0.5, 0.6) is 0 Å². The van der Waals surface area contributed by atoms with Crippen LogP contribution in [0.15, 0.2) is 122 Å². The minimum Gasteiger partial charge on any atom is -0.294 e. The first-order valence-corrected chi connectivity index (χ1v) is 12.7. The molecular formula is C34H40O2. The number of carbonyl (C=O) groups is 2. The maximum Gasteiger partial charge on any atom is 0.165 e. The van der Waals surface area contributed by atoms with E-state index in [4.69, 9.17) is 0 Å². The highest BCUT2D eigenvalue weighted by molar-refractivity contribution is 5.97. The highest BCUT2D eigenvalue weighted by Gasteiger charge is 2.33. The van der Waals surface area contributed by atoms with Crippen LogP contribution in [-0.2, 0) is 22.4 Å². The molecule has 0 N–H and O–H groups in total. The number of carbonyl (C=O) groups excluding carboxylic acids is 2. The fraction of sp³-hybridized carbons (Fsp3) is 0.294. The molecule has 2 rings (SSSR count). The summed E-state index contributed by atoms with van der Waals surface area (Å²) in [6, 6.07) is 20.4. The monoisotopic (exact) mass is 480 g/mol. The van der Waals surface area contributed by atoms with E-state index in [0.29, 0.717) is 12.8 Å². The van der Waals surface area contributed by atoms with Crippen molar-refractivity contribution in [2.24, 2.45) is 10.8 Å². The van der Waals surface area contributed by atoms with Gasteiger partial charge in [0.1, 0.15) is 0 Å². The molecule has 36 heavy (non-hydrogen) atoms. The summed E-state index contributed by atoms with van der Waals surface area (Å²) in [4.78, 5) is 26.0. The highest BCUT2D eigenvalue weighted by atomic mass is 16.1. The molecule has 0 aliphatic carbocycles. The molecule has 2 aromatic rings. The summed E-state index contributed by atoms with van der Waals surface area (Å²) in [6.45, 7) is 15.8. The van der Waals surface area contributed by atoms with Crippen LogP contribution in [0.2, 0.25) is 0 Å². The molecule has 0 aromatic heterocycles. The first-order chi connectivity index (χ1) is 17.2. The number of allylic oxidation sites excluding steroid dienone is 7. The van der Waals surface area contributed by atoms with E-state index in [0.717, 1.165) is 31.3 Å². The average molecular weight is 481 g/mol. The fourth-order valence-electron chi connectivity index (χ4n) is 4.17. The van der Waals surface area contributed by atoms with Crippen LogP contribution in [0.1, 0.15) is 50.7 Å². The van der Waals surface area contributed by atoms with Gasteiger partial charge >= 0.3 is 0 Å². The average Bonchev–Trinajstić information content (AvgIpc) is 2.89. The SMILES string of the molecule is C=CC(C)(CC(=C)CC(C)(C=C)C(=O)/C=C/CCc1ccccc1)C(=O)/C=C/CCc1ccccc1. The van der Waals surface area contributed by atoms with Crippen LogP contribution in [-0.4, -0.2) is 11.6 Å². The van der Waals surface area contributed by atoms with E-state index in [2.05, 4.69) is 44.0 Å². The third-order valence-corrected chi connectivity index (χ3v) is 6.68. The minimum absolute atomic E-state index is 0.000785. The molecule has 2 nitrogen and oxygen atoms in total. The van der Waals surface area contributed by atoms with Gasteiger partial charge in [0, 0.05) is 0 Å². The van der Waals surface area contributed by atoms with Gasteiger partial charge in [0.15, 0.2) is 11.6 Å². The van der Waals surface area contributed by atoms with Crippen molar-refractivity contribution in [2.75, 3.05) is 0 Å². The maximum absolute atomic E-state index is 13.0. The lowest BCUT2D eigenvalue weighted by molar-refractivity contribution is -0.120. The first kappa shape index (κ1) is 28.7. The van der Waals surface area contributed by atoms with Crippen LogP contribution in [0.4, 0.5) is 0 Å². The Balaban J connectivity index is 1.92. The van der Waals surface area contributed by atoms with Crippen molar-refractivity contribution in [1.29, 1.82) is 0 Å². The second kappa shape index (κ2) is 14.1. The van der Waals surface area contributed by atoms with Gasteiger partial charge in [-0.15, -0.1) is 13.2 Å². The van der Waals surface area contributed by atoms with E-state index >= 15 is 0 Å². The van der Waals surface area contributed by atoms with Gasteiger partial charge in [0.25, 0.3) is 0 Å². The van der Waals surface area contributed by atoms with Gasteiger partial charge in [-0.3, -0.25) is 9.59 Å². The van der Waals surface area contributed by atoms with Crippen LogP contribution < -0.4 is 0 Å². The molecule has 2 aromatic carbocycles. The Morgan fingerprint density at radius 3 is 1.39 bits per heavy atom. The molecule has 0 radical (unpaired) electrons. The highest BCUT2D eigenvalue weighted by Crippen LogP contribution is 2.36. The number of benzene rings is 2. The molecule has 2 heteroatoms. The van der Waals surface area contributed by atoms with Gasteiger partial charge in [-0.25, -0.2) is 0 Å². The van der Waals surface area contributed by atoms with Gasteiger partial charge in [0.2, 0.25) is 0 Å². The molecule has 0 saturated heterocycles. The zero-order valence-corrected chi connectivity index (χ0v) is 21.9. The van der Waals surface area contributed by atoms with Crippen LogP contribution in [0.3, 0.4) is 0 Å². The molecule has 0 heterocycles. The van der Waals surface area contributed by atoms with Crippen LogP contribution in [0.25, 0.3) is 0 Å². The molecule has 0 aliphatic rings. The van der Waals surface area contributed by atoms with E-state index in [1.807, 2.05) is 62.4 Å². The normalized spacial score (nSPS) is 14.7. The summed E-state index contributed by atoms with van der Waals surface area (Å²) in [6.07, 6.45) is 14.8. The third kappa shape index (κ3) is 8.92. The van der Waals surface area contributed by atoms with Crippen molar-refractivity contribution >= 4 is 11.6 Å². The molecule has 0 aliphatic heterocycles. The molecule has 188 valence electrons. The summed E-state index contributed by atoms with van der Waals surface area (Å²) in [7, 11) is 0. The lowest BCUT2D eigenvalue weighted by Crippen LogP contribution is -2.28. The van der Waals surface area contributed by atoms with E-state index < -0.39 is 10.8 Å². The summed E-state index contributed by atoms with van der Waals surface area (Å²) in [5.41, 5.74) is 1.79. The summed E-state index contributed by atoms with van der Waals surface area (Å²) < 4.78 is 0. The summed E-state index contributed by atoms with van der Waals surface area (Å²) in [5.74, 6) is -0.00157. The molecule has 0 spiro atoms. The van der Waals surface area contributed by atoms with Crippen LogP contribution in [0, 0.1) is 10.8 Å². The van der Waals surface area contributed by atoms with E-state index in [-0.39, 0.29) is 11.6 Å². The molecule has 0 fully saturated rings. The molecule has 0 amide bonds. The lowest BCUT2D eigenvalue weighted by Gasteiger charge is -2.28. The number of hydrogen-bond donors (Lipinski definition) is 0. The topological polar surface area (TPSA) is 34.1 Å². The zero-order valence-electron chi connectivity index (χ0n) is 21.9. The van der Waals surface area contributed by atoms with Gasteiger partial charge in [0.05, 0.1) is 10.8 Å². The second-order valence-electron chi connectivity index (χ2n) is 9.93. The van der Waals surface area contributed by atoms with Gasteiger partial charge in [-0.05, 0) is 75.7 Å². The number of rotatable bonds is 16. The first-order valence-electron chi connectivity index (χ1n) is 12.7. The summed E-state index contributed by atoms with van der Waals surface area (Å²) in [5, 5.41) is 0. The molecule has 0 bridgehead atoms. The Morgan fingerprint density at radius 1 is 0.694 bits per heavy atom. The standard InChI is InChI=1S/C34H40O2/c1-6-33(4,31(35)24-16-14-22-29-18-10-8-11-19-29)26-28(3)27-34(5,7-2)32(36)25-17-15-23-30-20-12-9-13-21-30/h6-13,16-21,24-25H,1-3,14-15,22-23,26-27H2,4-5H3/b24-16+,25-17+. The quantitative estimate of drug-likeness (QED) is 0.179. The molecule has 0 saturated carbocycles. The predicted octanol–water partition coefficient (Wildman–Crippen LogP) is 8.22. The van der Waals surface area contributed by atoms with Gasteiger partial charge in [-0.2, -0.15) is 0 Å². The van der Waals surface area contributed by atoms with Crippen LogP contribution >= 0.6 is 0 Å². The predicted molar refractivity (Wildman–Crippen MR) is 153 cm³/mol. The van der Waals surface area contributed by atoms with Crippen molar-refractivity contribution in [3.05, 3.63) is 134 Å². The maximum atomic E-state index is 13.0. The number of hydrogen-bond acceptors (Lipinski definition) is 2.